The van der Waals surface area contributed by atoms with Crippen molar-refractivity contribution in [3.8, 4) is 39.0 Å². The number of hydrogen-bond acceptors (Lipinski definition) is 6. The molecule has 0 aliphatic carbocycles. The molecule has 9 heteroatoms. The van der Waals surface area contributed by atoms with Crippen molar-refractivity contribution in [2.45, 2.75) is 37.4 Å². The van der Waals surface area contributed by atoms with E-state index in [1.807, 2.05) is 48.7 Å². The van der Waals surface area contributed by atoms with Gasteiger partial charge in [0.25, 0.3) is 0 Å². The maximum Gasteiger partial charge on any atom is 0.218 e. The summed E-state index contributed by atoms with van der Waals surface area (Å²) in [5.41, 5.74) is 14.1. The first-order valence-corrected chi connectivity index (χ1v) is 19.7. The highest BCUT2D eigenvalue weighted by Gasteiger charge is 2.40. The van der Waals surface area contributed by atoms with Gasteiger partial charge in [0.15, 0.2) is 0 Å². The lowest BCUT2D eigenvalue weighted by Gasteiger charge is -2.36. The number of imidazole rings is 1. The molecule has 1 amide bonds. The van der Waals surface area contributed by atoms with E-state index in [2.05, 4.69) is 130 Å². The van der Waals surface area contributed by atoms with Gasteiger partial charge in [0.2, 0.25) is 5.91 Å². The highest BCUT2D eigenvalue weighted by Crippen LogP contribution is 2.43. The fourth-order valence-corrected chi connectivity index (χ4v) is 9.34. The predicted octanol–water partition coefficient (Wildman–Crippen LogP) is 9.14. The third-order valence-corrected chi connectivity index (χ3v) is 12.0. The van der Waals surface area contributed by atoms with Crippen LogP contribution in [-0.4, -0.2) is 42.6 Å². The summed E-state index contributed by atoms with van der Waals surface area (Å²) in [6.07, 6.45) is 8.75. The lowest BCUT2D eigenvalue weighted by Crippen LogP contribution is -2.38. The fraction of sp³-hybridized carbons (Fsp3) is 0.149. The van der Waals surface area contributed by atoms with E-state index in [1.54, 1.807) is 11.3 Å². The van der Waals surface area contributed by atoms with Gasteiger partial charge in [-0.05, 0) is 72.5 Å². The van der Waals surface area contributed by atoms with E-state index in [1.165, 1.54) is 4.88 Å². The molecule has 56 heavy (non-hydrogen) atoms. The number of aromatic nitrogens is 4. The molecule has 0 unspecified atom stereocenters. The van der Waals surface area contributed by atoms with Gasteiger partial charge in [0, 0.05) is 53.0 Å². The number of nitriles is 1. The van der Waals surface area contributed by atoms with Crippen LogP contribution < -0.4 is 5.73 Å². The second kappa shape index (κ2) is 14.9. The van der Waals surface area contributed by atoms with Crippen molar-refractivity contribution in [2.24, 2.45) is 5.73 Å². The smallest absolute Gasteiger partial charge is 0.218 e. The molecule has 1 saturated heterocycles. The molecule has 8 nitrogen and oxygen atoms in total. The number of benzene rings is 4. The highest BCUT2D eigenvalue weighted by molar-refractivity contribution is 7.15. The Bertz CT molecular complexity index is 2580. The van der Waals surface area contributed by atoms with Crippen molar-refractivity contribution in [3.63, 3.8) is 0 Å². The molecule has 2 N–H and O–H groups in total. The molecular weight excluding hydrogens is 711 g/mol. The summed E-state index contributed by atoms with van der Waals surface area (Å²) >= 11 is 1.76. The Hall–Kier alpha value is -6.60. The predicted molar refractivity (Wildman–Crippen MR) is 222 cm³/mol. The van der Waals surface area contributed by atoms with Gasteiger partial charge in [0.05, 0.1) is 28.4 Å². The van der Waals surface area contributed by atoms with Crippen molar-refractivity contribution in [1.82, 2.24) is 24.1 Å². The van der Waals surface area contributed by atoms with Crippen LogP contribution in [0.2, 0.25) is 0 Å². The van der Waals surface area contributed by atoms with Gasteiger partial charge in [-0.1, -0.05) is 103 Å². The van der Waals surface area contributed by atoms with E-state index in [4.69, 9.17) is 15.8 Å². The molecule has 0 bridgehead atoms. The van der Waals surface area contributed by atoms with Gasteiger partial charge < -0.3 is 5.73 Å². The zero-order chi connectivity index (χ0) is 38.1. The van der Waals surface area contributed by atoms with Crippen LogP contribution in [0.5, 0.6) is 0 Å². The highest BCUT2D eigenvalue weighted by atomic mass is 32.1. The second-order valence-electron chi connectivity index (χ2n) is 14.3. The Morgan fingerprint density at radius 1 is 0.804 bits per heavy atom. The maximum absolute atomic E-state index is 11.7. The molecule has 1 atom stereocenters. The fourth-order valence-electron chi connectivity index (χ4n) is 8.30. The number of carbonyl (C=O) groups is 1. The number of fused-ring (bicyclic) bond motifs is 1. The zero-order valence-corrected chi connectivity index (χ0v) is 31.5. The number of rotatable bonds is 11. The summed E-state index contributed by atoms with van der Waals surface area (Å²) in [6.45, 7) is 1.77. The summed E-state index contributed by atoms with van der Waals surface area (Å²) in [4.78, 5) is 21.3. The lowest BCUT2D eigenvalue weighted by atomic mass is 9.77. The number of nitrogens with zero attached hydrogens (tertiary/aromatic N) is 6. The number of carbonyl (C=O) groups excluding carboxylic acids is 1. The molecule has 1 fully saturated rings. The molecule has 274 valence electrons. The Kier molecular flexibility index (Phi) is 9.35. The molecule has 1 aliphatic rings. The summed E-state index contributed by atoms with van der Waals surface area (Å²) in [5, 5.41) is 15.2. The number of thiophene rings is 1. The molecule has 5 heterocycles. The number of pyridine rings is 1. The minimum Gasteiger partial charge on any atom is -0.370 e. The SMILES string of the molecule is N#Cc1ccc(-c2nn(C(c3ccccc3)(c3ccccc3)c3ccccc3)cc2-c2ccc3ncc(-c4ccc(CN5CCC[C@H]5CC(N)=O)s4)n3c2)cc1. The van der Waals surface area contributed by atoms with Crippen LogP contribution >= 0.6 is 11.3 Å². The quantitative estimate of drug-likeness (QED) is 0.133. The van der Waals surface area contributed by atoms with Crippen molar-refractivity contribution < 1.29 is 4.79 Å². The minimum atomic E-state index is -0.813. The molecule has 0 spiro atoms. The Morgan fingerprint density at radius 3 is 2.07 bits per heavy atom. The van der Waals surface area contributed by atoms with Gasteiger partial charge in [-0.3, -0.25) is 18.8 Å². The lowest BCUT2D eigenvalue weighted by molar-refractivity contribution is -0.119. The summed E-state index contributed by atoms with van der Waals surface area (Å²) in [6, 6.07) is 50.3. The van der Waals surface area contributed by atoms with Crippen LogP contribution in [-0.2, 0) is 16.9 Å². The summed E-state index contributed by atoms with van der Waals surface area (Å²) in [7, 11) is 0. The largest absolute Gasteiger partial charge is 0.370 e. The standard InChI is InChI=1S/C47H39N7OS/c48-28-33-18-20-34(21-19-33)46-41(32-54(51-46)47(36-11-4-1-5-12-36,37-13-6-2-7-14-37)38-15-8-3-9-16-38)35-22-25-45-50-29-42(53(45)30-35)43-24-23-40(56-43)31-52-26-10-17-39(52)27-44(49)55/h1-9,11-16,18-25,29-30,32,39H,10,17,26-27,31H2,(H2,49,55)/t39-/m0/s1. The second-order valence-corrected chi connectivity index (χ2v) is 15.5. The molecule has 8 aromatic rings. The van der Waals surface area contributed by atoms with Crippen molar-refractivity contribution in [2.75, 3.05) is 6.54 Å². The van der Waals surface area contributed by atoms with Crippen LogP contribution in [0.4, 0.5) is 0 Å². The summed E-state index contributed by atoms with van der Waals surface area (Å²) < 4.78 is 4.28. The van der Waals surface area contributed by atoms with Crippen molar-refractivity contribution >= 4 is 22.9 Å². The normalized spacial score (nSPS) is 14.6. The maximum atomic E-state index is 11.7. The van der Waals surface area contributed by atoms with Gasteiger partial charge >= 0.3 is 0 Å². The Labute approximate surface area is 329 Å². The average Bonchev–Trinajstić information content (AvgIpc) is 4.07. The van der Waals surface area contributed by atoms with Gasteiger partial charge in [-0.15, -0.1) is 11.3 Å². The van der Waals surface area contributed by atoms with E-state index in [-0.39, 0.29) is 11.9 Å². The number of hydrogen-bond donors (Lipinski definition) is 1. The number of likely N-dealkylation sites (tertiary alicyclic amines) is 1. The molecule has 0 radical (unpaired) electrons. The van der Waals surface area contributed by atoms with Gasteiger partial charge in [-0.2, -0.15) is 10.4 Å². The van der Waals surface area contributed by atoms with E-state index < -0.39 is 5.54 Å². The van der Waals surface area contributed by atoms with E-state index >= 15 is 0 Å². The van der Waals surface area contributed by atoms with E-state index in [0.29, 0.717) is 12.0 Å². The van der Waals surface area contributed by atoms with Gasteiger partial charge in [-0.25, -0.2) is 4.98 Å². The Morgan fingerprint density at radius 2 is 1.45 bits per heavy atom. The average molecular weight is 750 g/mol. The van der Waals surface area contributed by atoms with Crippen LogP contribution in [0, 0.1) is 11.3 Å². The van der Waals surface area contributed by atoms with Gasteiger partial charge in [0.1, 0.15) is 16.9 Å². The molecule has 0 saturated carbocycles. The monoisotopic (exact) mass is 749 g/mol. The first kappa shape index (κ1) is 35.1. The summed E-state index contributed by atoms with van der Waals surface area (Å²) in [5.74, 6) is -0.242. The van der Waals surface area contributed by atoms with Crippen LogP contribution in [0.1, 0.15) is 46.4 Å². The van der Waals surface area contributed by atoms with E-state index in [0.717, 1.165) is 81.2 Å². The first-order valence-electron chi connectivity index (χ1n) is 18.9. The third kappa shape index (κ3) is 6.39. The Balaban J connectivity index is 1.20. The van der Waals surface area contributed by atoms with Crippen molar-refractivity contribution in [1.29, 1.82) is 5.26 Å². The van der Waals surface area contributed by atoms with E-state index in [9.17, 15) is 10.1 Å². The molecule has 9 rings (SSSR count). The minimum absolute atomic E-state index is 0.201. The van der Waals surface area contributed by atoms with Crippen LogP contribution in [0.3, 0.4) is 0 Å². The number of primary amides is 1. The number of amides is 1. The number of nitrogens with two attached hydrogens (primary N) is 1. The first-order chi connectivity index (χ1) is 27.5. The van der Waals surface area contributed by atoms with Crippen LogP contribution in [0.25, 0.3) is 38.6 Å². The molecular formula is C47H39N7OS. The van der Waals surface area contributed by atoms with Crippen molar-refractivity contribution in [3.05, 3.63) is 185 Å². The topological polar surface area (TPSA) is 105 Å². The third-order valence-electron chi connectivity index (χ3n) is 10.9. The molecule has 1 aliphatic heterocycles. The molecule has 4 aromatic heterocycles. The zero-order valence-electron chi connectivity index (χ0n) is 30.7. The van der Waals surface area contributed by atoms with Crippen LogP contribution in [0.15, 0.2) is 158 Å². The molecule has 4 aromatic carbocycles.